The van der Waals surface area contributed by atoms with Gasteiger partial charge in [-0.15, -0.1) is 0 Å². The average Bonchev–Trinajstić information content (AvgIpc) is 2.52. The lowest BCUT2D eigenvalue weighted by Crippen LogP contribution is -2.15. The molecule has 0 bridgehead atoms. The second kappa shape index (κ2) is 7.70. The number of carbonyl (C=O) groups is 1. The highest BCUT2D eigenvalue weighted by molar-refractivity contribution is 6.33. The van der Waals surface area contributed by atoms with Gasteiger partial charge in [-0.3, -0.25) is 0 Å². The van der Waals surface area contributed by atoms with Gasteiger partial charge >= 0.3 is 11.6 Å². The number of aryl methyl sites for hydroxylation is 1. The largest absolute Gasteiger partial charge is 0.480 e. The third-order valence-corrected chi connectivity index (χ3v) is 3.99. The smallest absolute Gasteiger partial charge is 0.355 e. The Labute approximate surface area is 143 Å². The van der Waals surface area contributed by atoms with E-state index >= 15 is 0 Å². The van der Waals surface area contributed by atoms with Gasteiger partial charge in [0, 0.05) is 11.5 Å². The van der Waals surface area contributed by atoms with E-state index < -0.39 is 11.6 Å². The summed E-state index contributed by atoms with van der Waals surface area (Å²) < 4.78 is 15.4. The zero-order chi connectivity index (χ0) is 17.0. The van der Waals surface area contributed by atoms with Crippen LogP contribution in [0.2, 0.25) is 10.0 Å². The van der Waals surface area contributed by atoms with Crippen LogP contribution in [-0.4, -0.2) is 19.2 Å². The van der Waals surface area contributed by atoms with Crippen molar-refractivity contribution in [1.82, 2.24) is 0 Å². The summed E-state index contributed by atoms with van der Waals surface area (Å²) in [6.07, 6.45) is 1.74. The maximum absolute atomic E-state index is 11.6. The number of rotatable bonds is 6. The number of unbranched alkanes of at least 4 members (excludes halogenated alkanes) is 1. The minimum Gasteiger partial charge on any atom is -0.480 e. The second-order valence-electron chi connectivity index (χ2n) is 4.97. The minimum absolute atomic E-state index is 0.0155. The molecule has 0 saturated carbocycles. The molecule has 2 rings (SSSR count). The van der Waals surface area contributed by atoms with Gasteiger partial charge in [-0.05, 0) is 25.0 Å². The molecule has 0 fully saturated rings. The van der Waals surface area contributed by atoms with Crippen LogP contribution in [-0.2, 0) is 9.53 Å². The highest BCUT2D eigenvalue weighted by Crippen LogP contribution is 2.32. The molecule has 0 unspecified atom stereocenters. The van der Waals surface area contributed by atoms with Gasteiger partial charge in [-0.25, -0.2) is 9.59 Å². The highest BCUT2D eigenvalue weighted by atomic mass is 35.5. The Morgan fingerprint density at radius 2 is 2.04 bits per heavy atom. The van der Waals surface area contributed by atoms with Crippen molar-refractivity contribution in [2.45, 2.75) is 26.7 Å². The lowest BCUT2D eigenvalue weighted by molar-refractivity contribution is -0.146. The molecule has 23 heavy (non-hydrogen) atoms. The van der Waals surface area contributed by atoms with Crippen LogP contribution in [0.4, 0.5) is 0 Å². The van der Waals surface area contributed by atoms with E-state index in [9.17, 15) is 9.59 Å². The molecular weight excluding hydrogens is 343 g/mol. The number of halogens is 2. The zero-order valence-electron chi connectivity index (χ0n) is 12.8. The van der Waals surface area contributed by atoms with Crippen LogP contribution in [0.1, 0.15) is 25.3 Å². The van der Waals surface area contributed by atoms with Crippen LogP contribution < -0.4 is 10.4 Å². The van der Waals surface area contributed by atoms with E-state index in [4.69, 9.17) is 37.1 Å². The van der Waals surface area contributed by atoms with Crippen molar-refractivity contribution >= 4 is 40.1 Å². The summed E-state index contributed by atoms with van der Waals surface area (Å²) in [5.74, 6) is -0.250. The molecule has 0 aliphatic heterocycles. The summed E-state index contributed by atoms with van der Waals surface area (Å²) in [7, 11) is 0. The molecular formula is C16H16Cl2O5. The molecule has 0 amide bonds. The van der Waals surface area contributed by atoms with E-state index in [0.717, 1.165) is 12.8 Å². The number of esters is 1. The van der Waals surface area contributed by atoms with Gasteiger partial charge in [-0.2, -0.15) is 0 Å². The Hall–Kier alpha value is -1.72. The standard InChI is InChI=1S/C16H16Cl2O5/c1-3-4-5-21-14(19)8-22-13-7-12-10(6-11(13)17)9(2)15(18)16(20)23-12/h6-7H,3-5,8H2,1-2H3. The predicted molar refractivity (Wildman–Crippen MR) is 88.6 cm³/mol. The molecule has 0 radical (unpaired) electrons. The van der Waals surface area contributed by atoms with Gasteiger partial charge < -0.3 is 13.9 Å². The molecule has 0 aliphatic rings. The van der Waals surface area contributed by atoms with Crippen LogP contribution in [0.3, 0.4) is 0 Å². The fourth-order valence-electron chi connectivity index (χ4n) is 1.95. The van der Waals surface area contributed by atoms with Gasteiger partial charge in [0.05, 0.1) is 11.6 Å². The van der Waals surface area contributed by atoms with Gasteiger partial charge in [0.2, 0.25) is 0 Å². The summed E-state index contributed by atoms with van der Waals surface area (Å²) in [6, 6.07) is 3.04. The van der Waals surface area contributed by atoms with Crippen LogP contribution in [0.15, 0.2) is 21.3 Å². The Balaban J connectivity index is 2.19. The predicted octanol–water partition coefficient (Wildman–Crippen LogP) is 4.13. The second-order valence-corrected chi connectivity index (χ2v) is 5.76. The maximum atomic E-state index is 11.6. The highest BCUT2D eigenvalue weighted by Gasteiger charge is 2.14. The maximum Gasteiger partial charge on any atom is 0.355 e. The topological polar surface area (TPSA) is 65.7 Å². The molecule has 0 atom stereocenters. The number of fused-ring (bicyclic) bond motifs is 1. The average molecular weight is 359 g/mol. The summed E-state index contributed by atoms with van der Waals surface area (Å²) in [5, 5.41) is 0.908. The first-order valence-corrected chi connectivity index (χ1v) is 7.90. The quantitative estimate of drug-likeness (QED) is 0.441. The lowest BCUT2D eigenvalue weighted by atomic mass is 10.1. The Bertz CT molecular complexity index is 782. The van der Waals surface area contributed by atoms with Crippen molar-refractivity contribution in [2.24, 2.45) is 0 Å². The van der Waals surface area contributed by atoms with E-state index in [-0.39, 0.29) is 28.0 Å². The minimum atomic E-state index is -0.635. The van der Waals surface area contributed by atoms with E-state index in [0.29, 0.717) is 17.6 Å². The fraction of sp³-hybridized carbons (Fsp3) is 0.375. The van der Waals surface area contributed by atoms with Crippen molar-refractivity contribution in [3.8, 4) is 5.75 Å². The molecule has 124 valence electrons. The molecule has 1 aromatic carbocycles. The van der Waals surface area contributed by atoms with Crippen molar-refractivity contribution in [2.75, 3.05) is 13.2 Å². The SMILES string of the molecule is CCCCOC(=O)COc1cc2oc(=O)c(Cl)c(C)c2cc1Cl. The van der Waals surface area contributed by atoms with Crippen LogP contribution >= 0.6 is 23.2 Å². The number of hydrogen-bond acceptors (Lipinski definition) is 5. The van der Waals surface area contributed by atoms with E-state index in [2.05, 4.69) is 0 Å². The summed E-state index contributed by atoms with van der Waals surface area (Å²) in [6.45, 7) is 3.78. The molecule has 0 saturated heterocycles. The first-order valence-electron chi connectivity index (χ1n) is 7.15. The van der Waals surface area contributed by atoms with Crippen LogP contribution in [0.25, 0.3) is 11.0 Å². The number of hydrogen-bond donors (Lipinski definition) is 0. The van der Waals surface area contributed by atoms with Crippen molar-refractivity contribution in [1.29, 1.82) is 0 Å². The molecule has 7 heteroatoms. The van der Waals surface area contributed by atoms with Gasteiger partial charge in [-0.1, -0.05) is 36.5 Å². The number of carbonyl (C=O) groups excluding carboxylic acids is 1. The molecule has 1 heterocycles. The summed E-state index contributed by atoms with van der Waals surface area (Å²) in [4.78, 5) is 23.2. The molecule has 2 aromatic rings. The van der Waals surface area contributed by atoms with E-state index in [1.807, 2.05) is 6.92 Å². The third-order valence-electron chi connectivity index (χ3n) is 3.26. The Kier molecular flexibility index (Phi) is 5.91. The number of ether oxygens (including phenoxy) is 2. The summed E-state index contributed by atoms with van der Waals surface area (Å²) >= 11 is 12.0. The molecule has 0 N–H and O–H groups in total. The normalized spacial score (nSPS) is 10.8. The monoisotopic (exact) mass is 358 g/mol. The third kappa shape index (κ3) is 4.18. The molecule has 1 aromatic heterocycles. The van der Waals surface area contributed by atoms with Gasteiger partial charge in [0.15, 0.2) is 6.61 Å². The van der Waals surface area contributed by atoms with Crippen molar-refractivity contribution in [3.05, 3.63) is 38.2 Å². The van der Waals surface area contributed by atoms with Gasteiger partial charge in [0.25, 0.3) is 0 Å². The first-order chi connectivity index (χ1) is 10.9. The Morgan fingerprint density at radius 1 is 1.30 bits per heavy atom. The molecule has 0 aliphatic carbocycles. The summed E-state index contributed by atoms with van der Waals surface area (Å²) in [5.41, 5.74) is 0.227. The van der Waals surface area contributed by atoms with Gasteiger partial charge in [0.1, 0.15) is 16.4 Å². The van der Waals surface area contributed by atoms with Crippen molar-refractivity contribution < 1.29 is 18.7 Å². The zero-order valence-corrected chi connectivity index (χ0v) is 14.3. The van der Waals surface area contributed by atoms with Crippen molar-refractivity contribution in [3.63, 3.8) is 0 Å². The Morgan fingerprint density at radius 3 is 2.74 bits per heavy atom. The first kappa shape index (κ1) is 17.6. The molecule has 5 nitrogen and oxygen atoms in total. The molecule has 0 spiro atoms. The number of benzene rings is 1. The fourth-order valence-corrected chi connectivity index (χ4v) is 2.31. The van der Waals surface area contributed by atoms with Crippen LogP contribution in [0.5, 0.6) is 5.75 Å². The van der Waals surface area contributed by atoms with E-state index in [1.165, 1.54) is 6.07 Å². The van der Waals surface area contributed by atoms with Crippen LogP contribution in [0, 0.1) is 6.92 Å². The lowest BCUT2D eigenvalue weighted by Gasteiger charge is -2.10. The van der Waals surface area contributed by atoms with E-state index in [1.54, 1.807) is 13.0 Å².